The summed E-state index contributed by atoms with van der Waals surface area (Å²) in [4.78, 5) is 0. The molecule has 1 saturated carbocycles. The van der Waals surface area contributed by atoms with Crippen LogP contribution in [-0.4, -0.2) is 36.7 Å². The second-order valence-corrected chi connectivity index (χ2v) is 7.74. The number of rotatable bonds is 4. The minimum Gasteiger partial charge on any atom is -0.386 e. The Morgan fingerprint density at radius 1 is 1.25 bits per heavy atom. The third-order valence-corrected chi connectivity index (χ3v) is 6.41. The minimum absolute atomic E-state index is 0.0221. The van der Waals surface area contributed by atoms with Gasteiger partial charge in [-0.05, 0) is 32.6 Å². The van der Waals surface area contributed by atoms with Crippen LogP contribution in [0.2, 0.25) is 0 Å². The predicted molar refractivity (Wildman–Crippen MR) is 79.8 cm³/mol. The van der Waals surface area contributed by atoms with Crippen molar-refractivity contribution in [1.82, 2.24) is 9.03 Å². The largest absolute Gasteiger partial charge is 0.386 e. The fourth-order valence-electron chi connectivity index (χ4n) is 3.32. The lowest BCUT2D eigenvalue weighted by atomic mass is 9.82. The Bertz CT molecular complexity index is 457. The molecule has 1 heterocycles. The van der Waals surface area contributed by atoms with E-state index >= 15 is 0 Å². The summed E-state index contributed by atoms with van der Waals surface area (Å²) in [6.45, 7) is 2.50. The van der Waals surface area contributed by atoms with Crippen LogP contribution in [0.5, 0.6) is 0 Å². The predicted octanol–water partition coefficient (Wildman–Crippen LogP) is 1.33. The number of hydrogen-bond acceptors (Lipinski definition) is 3. The molecular weight excluding hydrogens is 276 g/mol. The molecule has 4 N–H and O–H groups in total. The van der Waals surface area contributed by atoms with Crippen LogP contribution in [0.1, 0.15) is 58.3 Å². The second kappa shape index (κ2) is 5.99. The fraction of sp³-hybridized carbons (Fsp3) is 0.923. The van der Waals surface area contributed by atoms with Gasteiger partial charge >= 0.3 is 0 Å². The van der Waals surface area contributed by atoms with Crippen LogP contribution in [0.25, 0.3) is 0 Å². The topological polar surface area (TPSA) is 99.3 Å². The monoisotopic (exact) mass is 302 g/mol. The Labute approximate surface area is 121 Å². The van der Waals surface area contributed by atoms with Crippen LogP contribution in [0, 0.1) is 5.41 Å². The van der Waals surface area contributed by atoms with Gasteiger partial charge < -0.3 is 5.73 Å². The van der Waals surface area contributed by atoms with Gasteiger partial charge in [0, 0.05) is 12.6 Å². The van der Waals surface area contributed by atoms with Crippen molar-refractivity contribution < 1.29 is 8.42 Å². The van der Waals surface area contributed by atoms with Gasteiger partial charge in [-0.3, -0.25) is 5.41 Å². The smallest absolute Gasteiger partial charge is 0.280 e. The van der Waals surface area contributed by atoms with Gasteiger partial charge in [0.1, 0.15) is 5.84 Å². The number of nitrogens with two attached hydrogens (primary N) is 1. The van der Waals surface area contributed by atoms with Gasteiger partial charge in [0.25, 0.3) is 10.2 Å². The third-order valence-electron chi connectivity index (χ3n) is 4.60. The van der Waals surface area contributed by atoms with Crippen molar-refractivity contribution in [2.24, 2.45) is 5.73 Å². The average Bonchev–Trinajstić information content (AvgIpc) is 2.39. The Kier molecular flexibility index (Phi) is 4.71. The molecule has 2 rings (SSSR count). The first kappa shape index (κ1) is 15.7. The van der Waals surface area contributed by atoms with Crippen LogP contribution in [0.15, 0.2) is 0 Å². The molecule has 20 heavy (non-hydrogen) atoms. The molecule has 2 fully saturated rings. The summed E-state index contributed by atoms with van der Waals surface area (Å²) in [5.41, 5.74) is 4.84. The Hall–Kier alpha value is -0.660. The van der Waals surface area contributed by atoms with Crippen molar-refractivity contribution in [2.45, 2.75) is 69.9 Å². The van der Waals surface area contributed by atoms with Crippen molar-refractivity contribution in [2.75, 3.05) is 6.54 Å². The van der Waals surface area contributed by atoms with E-state index in [0.717, 1.165) is 38.5 Å². The zero-order valence-corrected chi connectivity index (χ0v) is 13.0. The van der Waals surface area contributed by atoms with Crippen molar-refractivity contribution in [1.29, 1.82) is 5.41 Å². The number of amidine groups is 1. The van der Waals surface area contributed by atoms with Gasteiger partial charge in [-0.25, -0.2) is 0 Å². The van der Waals surface area contributed by atoms with Crippen molar-refractivity contribution in [3.63, 3.8) is 0 Å². The highest BCUT2D eigenvalue weighted by Gasteiger charge is 2.42. The molecule has 1 aliphatic heterocycles. The molecule has 0 spiro atoms. The molecule has 0 aromatic rings. The minimum atomic E-state index is -3.57. The van der Waals surface area contributed by atoms with E-state index in [4.69, 9.17) is 11.1 Å². The molecule has 1 unspecified atom stereocenters. The zero-order valence-electron chi connectivity index (χ0n) is 12.2. The second-order valence-electron chi connectivity index (χ2n) is 6.12. The van der Waals surface area contributed by atoms with Crippen LogP contribution in [-0.2, 0) is 10.2 Å². The maximum absolute atomic E-state index is 12.6. The molecule has 0 aromatic carbocycles. The van der Waals surface area contributed by atoms with Gasteiger partial charge in [0.15, 0.2) is 0 Å². The van der Waals surface area contributed by atoms with Crippen LogP contribution >= 0.6 is 0 Å². The van der Waals surface area contributed by atoms with Gasteiger partial charge in [0.2, 0.25) is 0 Å². The van der Waals surface area contributed by atoms with Crippen LogP contribution in [0.4, 0.5) is 0 Å². The summed E-state index contributed by atoms with van der Waals surface area (Å²) >= 11 is 0. The first-order valence-electron chi connectivity index (χ1n) is 7.53. The van der Waals surface area contributed by atoms with Crippen molar-refractivity contribution in [3.05, 3.63) is 0 Å². The van der Waals surface area contributed by atoms with Gasteiger partial charge in [-0.1, -0.05) is 25.7 Å². The molecule has 1 saturated heterocycles. The van der Waals surface area contributed by atoms with E-state index in [1.807, 2.05) is 6.92 Å². The molecule has 7 heteroatoms. The van der Waals surface area contributed by atoms with Crippen molar-refractivity contribution in [3.8, 4) is 0 Å². The van der Waals surface area contributed by atoms with E-state index in [1.54, 1.807) is 0 Å². The molecule has 0 amide bonds. The number of nitrogens with one attached hydrogen (secondary N) is 2. The van der Waals surface area contributed by atoms with Crippen LogP contribution < -0.4 is 10.5 Å². The maximum atomic E-state index is 12.6. The Balaban J connectivity index is 2.18. The molecular formula is C13H26N4O2S. The van der Waals surface area contributed by atoms with Gasteiger partial charge in [-0.2, -0.15) is 17.4 Å². The summed E-state index contributed by atoms with van der Waals surface area (Å²) in [6.07, 6.45) is 7.04. The number of nitrogens with zero attached hydrogens (tertiary/aromatic N) is 1. The molecule has 1 atom stereocenters. The highest BCUT2D eigenvalue weighted by Crippen LogP contribution is 2.30. The lowest BCUT2D eigenvalue weighted by molar-refractivity contribution is 0.255. The standard InChI is InChI=1S/C13H26N4O2S/c1-11-7-3-6-10-17(11)20(18,19)16-13(12(14)15)8-4-2-5-9-13/h11,16H,2-10H2,1H3,(H3,14,15). The van der Waals surface area contributed by atoms with E-state index < -0.39 is 15.7 Å². The third kappa shape index (κ3) is 3.15. The van der Waals surface area contributed by atoms with Crippen molar-refractivity contribution >= 4 is 16.0 Å². The van der Waals surface area contributed by atoms with E-state index in [0.29, 0.717) is 19.4 Å². The van der Waals surface area contributed by atoms with E-state index in [1.165, 1.54) is 4.31 Å². The van der Waals surface area contributed by atoms with E-state index in [-0.39, 0.29) is 11.9 Å². The molecule has 0 radical (unpaired) electrons. The molecule has 6 nitrogen and oxygen atoms in total. The SMILES string of the molecule is CC1CCCCN1S(=O)(=O)NC1(C(=N)N)CCCCC1. The van der Waals surface area contributed by atoms with E-state index in [2.05, 4.69) is 4.72 Å². The lowest BCUT2D eigenvalue weighted by Crippen LogP contribution is -2.62. The van der Waals surface area contributed by atoms with Gasteiger partial charge in [0.05, 0.1) is 5.54 Å². The molecule has 1 aliphatic carbocycles. The molecule has 116 valence electrons. The van der Waals surface area contributed by atoms with Gasteiger partial charge in [-0.15, -0.1) is 0 Å². The number of piperidine rings is 1. The maximum Gasteiger partial charge on any atom is 0.280 e. The summed E-state index contributed by atoms with van der Waals surface area (Å²) in [5, 5.41) is 7.81. The first-order valence-corrected chi connectivity index (χ1v) is 8.97. The Morgan fingerprint density at radius 2 is 1.90 bits per heavy atom. The normalized spacial score (nSPS) is 28.1. The highest BCUT2D eigenvalue weighted by atomic mass is 32.2. The highest BCUT2D eigenvalue weighted by molar-refractivity contribution is 7.87. The fourth-order valence-corrected chi connectivity index (χ4v) is 5.19. The summed E-state index contributed by atoms with van der Waals surface area (Å²) in [5.74, 6) is -0.0505. The molecule has 2 aliphatic rings. The zero-order chi connectivity index (χ0) is 14.8. The molecule has 0 bridgehead atoms. The average molecular weight is 302 g/mol. The molecule has 0 aromatic heterocycles. The summed E-state index contributed by atoms with van der Waals surface area (Å²) in [7, 11) is -3.57. The number of hydrogen-bond donors (Lipinski definition) is 3. The quantitative estimate of drug-likeness (QED) is 0.539. The van der Waals surface area contributed by atoms with E-state index in [9.17, 15) is 8.42 Å². The summed E-state index contributed by atoms with van der Waals surface area (Å²) in [6, 6.07) is 0.0221. The summed E-state index contributed by atoms with van der Waals surface area (Å²) < 4.78 is 29.6. The Morgan fingerprint density at radius 3 is 2.45 bits per heavy atom. The first-order chi connectivity index (χ1) is 9.37. The van der Waals surface area contributed by atoms with Crippen LogP contribution in [0.3, 0.4) is 0 Å². The lowest BCUT2D eigenvalue weighted by Gasteiger charge is -2.40.